The van der Waals surface area contributed by atoms with Gasteiger partial charge < -0.3 is 16.4 Å². The molecule has 17 heavy (non-hydrogen) atoms. The number of benzene rings is 1. The van der Waals surface area contributed by atoms with Gasteiger partial charge in [0.2, 0.25) is 5.91 Å². The lowest BCUT2D eigenvalue weighted by Crippen LogP contribution is -2.35. The highest BCUT2D eigenvalue weighted by Gasteiger charge is 2.09. The molecule has 0 unspecified atom stereocenters. The summed E-state index contributed by atoms with van der Waals surface area (Å²) < 4.78 is 26.0. The van der Waals surface area contributed by atoms with E-state index in [1.807, 2.05) is 13.8 Å². The number of halogens is 2. The Hall–Kier alpha value is -1.85. The Morgan fingerprint density at radius 2 is 2.06 bits per heavy atom. The molecule has 4 nitrogen and oxygen atoms in total. The van der Waals surface area contributed by atoms with Gasteiger partial charge in [-0.3, -0.25) is 4.79 Å². The monoisotopic (exact) mass is 243 g/mol. The Morgan fingerprint density at radius 3 is 2.65 bits per heavy atom. The first-order valence-corrected chi connectivity index (χ1v) is 5.18. The normalized spacial score (nSPS) is 10.4. The van der Waals surface area contributed by atoms with Crippen molar-refractivity contribution in [2.45, 2.75) is 19.9 Å². The lowest BCUT2D eigenvalue weighted by Gasteiger charge is -2.12. The van der Waals surface area contributed by atoms with Crippen molar-refractivity contribution in [1.29, 1.82) is 0 Å². The van der Waals surface area contributed by atoms with Crippen molar-refractivity contribution in [2.24, 2.45) is 0 Å². The van der Waals surface area contributed by atoms with Gasteiger partial charge in [0, 0.05) is 12.1 Å². The number of anilines is 2. The van der Waals surface area contributed by atoms with E-state index < -0.39 is 11.6 Å². The first-order chi connectivity index (χ1) is 7.90. The molecule has 1 aromatic rings. The Kier molecular flexibility index (Phi) is 4.25. The number of amides is 1. The van der Waals surface area contributed by atoms with Crippen molar-refractivity contribution in [3.05, 3.63) is 23.8 Å². The number of carbonyl (C=O) groups excluding carboxylic acids is 1. The van der Waals surface area contributed by atoms with Crippen molar-refractivity contribution < 1.29 is 13.6 Å². The van der Waals surface area contributed by atoms with Gasteiger partial charge in [0.05, 0.1) is 17.9 Å². The van der Waals surface area contributed by atoms with Crippen LogP contribution >= 0.6 is 0 Å². The zero-order valence-corrected chi connectivity index (χ0v) is 9.68. The van der Waals surface area contributed by atoms with E-state index in [2.05, 4.69) is 10.6 Å². The molecule has 1 aromatic carbocycles. The van der Waals surface area contributed by atoms with E-state index in [1.54, 1.807) is 0 Å². The summed E-state index contributed by atoms with van der Waals surface area (Å²) in [5.74, 6) is -1.87. The summed E-state index contributed by atoms with van der Waals surface area (Å²) >= 11 is 0. The van der Waals surface area contributed by atoms with E-state index in [1.165, 1.54) is 0 Å². The van der Waals surface area contributed by atoms with Gasteiger partial charge >= 0.3 is 0 Å². The predicted octanol–water partition coefficient (Wildman–Crippen LogP) is 1.48. The maximum atomic E-state index is 13.1. The lowest BCUT2D eigenvalue weighted by atomic mass is 10.2. The van der Waals surface area contributed by atoms with Crippen LogP contribution in [0.5, 0.6) is 0 Å². The van der Waals surface area contributed by atoms with Gasteiger partial charge in [-0.25, -0.2) is 8.78 Å². The van der Waals surface area contributed by atoms with Crippen LogP contribution in [0.4, 0.5) is 20.2 Å². The van der Waals surface area contributed by atoms with Gasteiger partial charge in [-0.15, -0.1) is 0 Å². The van der Waals surface area contributed by atoms with Gasteiger partial charge in [0.25, 0.3) is 0 Å². The zero-order valence-electron chi connectivity index (χ0n) is 9.68. The summed E-state index contributed by atoms with van der Waals surface area (Å²) in [6.07, 6.45) is 0. The van der Waals surface area contributed by atoms with Gasteiger partial charge in [0.15, 0.2) is 5.82 Å². The second-order valence-corrected chi connectivity index (χ2v) is 3.92. The Bertz CT molecular complexity index is 421. The van der Waals surface area contributed by atoms with E-state index in [4.69, 9.17) is 5.73 Å². The molecule has 0 bridgehead atoms. The maximum absolute atomic E-state index is 13.1. The van der Waals surface area contributed by atoms with Crippen LogP contribution in [-0.2, 0) is 4.79 Å². The summed E-state index contributed by atoms with van der Waals surface area (Å²) in [5.41, 5.74) is 5.27. The van der Waals surface area contributed by atoms with E-state index >= 15 is 0 Å². The SMILES string of the molecule is CC(C)NC(=O)CNc1cc(F)cc(F)c1N. The minimum absolute atomic E-state index is 0.00546. The first-order valence-electron chi connectivity index (χ1n) is 5.18. The third kappa shape index (κ3) is 3.90. The van der Waals surface area contributed by atoms with Crippen LogP contribution in [-0.4, -0.2) is 18.5 Å². The first kappa shape index (κ1) is 13.2. The standard InChI is InChI=1S/C11H15F2N3O/c1-6(2)16-10(17)5-15-9-4-7(12)3-8(13)11(9)14/h3-4,6,15H,5,14H2,1-2H3,(H,16,17). The van der Waals surface area contributed by atoms with Crippen molar-refractivity contribution in [2.75, 3.05) is 17.6 Å². The molecule has 6 heteroatoms. The molecule has 4 N–H and O–H groups in total. The average Bonchev–Trinajstić information content (AvgIpc) is 2.20. The van der Waals surface area contributed by atoms with Gasteiger partial charge in [-0.05, 0) is 19.9 Å². The third-order valence-corrected chi connectivity index (χ3v) is 1.98. The molecule has 94 valence electrons. The molecule has 0 fully saturated rings. The highest BCUT2D eigenvalue weighted by atomic mass is 19.1. The number of carbonyl (C=O) groups is 1. The number of hydrogen-bond acceptors (Lipinski definition) is 3. The molecule has 0 radical (unpaired) electrons. The summed E-state index contributed by atoms with van der Waals surface area (Å²) in [7, 11) is 0. The Balaban J connectivity index is 2.66. The molecule has 0 heterocycles. The number of nitrogens with two attached hydrogens (primary N) is 1. The fourth-order valence-electron chi connectivity index (χ4n) is 1.28. The van der Waals surface area contributed by atoms with Crippen LogP contribution in [0.1, 0.15) is 13.8 Å². The molecular formula is C11H15F2N3O. The largest absolute Gasteiger partial charge is 0.395 e. The van der Waals surface area contributed by atoms with Gasteiger partial charge in [-0.2, -0.15) is 0 Å². The summed E-state index contributed by atoms with van der Waals surface area (Å²) in [6, 6.07) is 1.74. The van der Waals surface area contributed by atoms with Crippen molar-refractivity contribution in [1.82, 2.24) is 5.32 Å². The lowest BCUT2D eigenvalue weighted by molar-refractivity contribution is -0.119. The van der Waals surface area contributed by atoms with Crippen LogP contribution in [0.3, 0.4) is 0 Å². The van der Waals surface area contributed by atoms with Crippen LogP contribution in [0, 0.1) is 11.6 Å². The molecule has 0 aliphatic heterocycles. The molecule has 0 atom stereocenters. The molecule has 0 spiro atoms. The minimum atomic E-state index is -0.850. The molecule has 0 aromatic heterocycles. The summed E-state index contributed by atoms with van der Waals surface area (Å²) in [4.78, 5) is 11.3. The smallest absolute Gasteiger partial charge is 0.239 e. The highest BCUT2D eigenvalue weighted by molar-refractivity contribution is 5.82. The Labute approximate surface area is 98.2 Å². The van der Waals surface area contributed by atoms with E-state index in [-0.39, 0.29) is 29.9 Å². The maximum Gasteiger partial charge on any atom is 0.239 e. The number of hydrogen-bond donors (Lipinski definition) is 3. The number of rotatable bonds is 4. The zero-order chi connectivity index (χ0) is 13.0. The molecule has 0 saturated heterocycles. The Morgan fingerprint density at radius 1 is 1.41 bits per heavy atom. The van der Waals surface area contributed by atoms with Crippen LogP contribution < -0.4 is 16.4 Å². The van der Waals surface area contributed by atoms with Crippen molar-refractivity contribution in [3.8, 4) is 0 Å². The number of nitrogens with one attached hydrogen (secondary N) is 2. The van der Waals surface area contributed by atoms with Crippen LogP contribution in [0.15, 0.2) is 12.1 Å². The van der Waals surface area contributed by atoms with E-state index in [0.29, 0.717) is 6.07 Å². The summed E-state index contributed by atoms with van der Waals surface area (Å²) in [5, 5.41) is 5.21. The topological polar surface area (TPSA) is 67.2 Å². The molecular weight excluding hydrogens is 228 g/mol. The fourth-order valence-corrected chi connectivity index (χ4v) is 1.28. The van der Waals surface area contributed by atoms with Gasteiger partial charge in [0.1, 0.15) is 5.82 Å². The molecule has 1 amide bonds. The van der Waals surface area contributed by atoms with Gasteiger partial charge in [-0.1, -0.05) is 0 Å². The quantitative estimate of drug-likeness (QED) is 0.702. The van der Waals surface area contributed by atoms with Crippen LogP contribution in [0.25, 0.3) is 0 Å². The molecule has 0 aliphatic rings. The van der Waals surface area contributed by atoms with E-state index in [9.17, 15) is 13.6 Å². The number of nitrogen functional groups attached to an aromatic ring is 1. The highest BCUT2D eigenvalue weighted by Crippen LogP contribution is 2.22. The average molecular weight is 243 g/mol. The molecule has 0 saturated carbocycles. The predicted molar refractivity (Wildman–Crippen MR) is 62.5 cm³/mol. The van der Waals surface area contributed by atoms with Crippen LogP contribution in [0.2, 0.25) is 0 Å². The third-order valence-electron chi connectivity index (χ3n) is 1.98. The second-order valence-electron chi connectivity index (χ2n) is 3.92. The fraction of sp³-hybridized carbons (Fsp3) is 0.364. The molecule has 1 rings (SSSR count). The van der Waals surface area contributed by atoms with Crippen molar-refractivity contribution >= 4 is 17.3 Å². The molecule has 0 aliphatic carbocycles. The minimum Gasteiger partial charge on any atom is -0.395 e. The summed E-state index contributed by atoms with van der Waals surface area (Å²) in [6.45, 7) is 3.54. The van der Waals surface area contributed by atoms with E-state index in [0.717, 1.165) is 6.07 Å². The second kappa shape index (κ2) is 5.47. The van der Waals surface area contributed by atoms with Crippen molar-refractivity contribution in [3.63, 3.8) is 0 Å².